The Balaban J connectivity index is 1.68. The van der Waals surface area contributed by atoms with E-state index in [-0.39, 0.29) is 35.9 Å². The maximum absolute atomic E-state index is 12.5. The number of fused-ring (bicyclic) bond motifs is 1. The Hall–Kier alpha value is -0.750. The van der Waals surface area contributed by atoms with Crippen molar-refractivity contribution in [1.82, 2.24) is 0 Å². The van der Waals surface area contributed by atoms with Crippen molar-refractivity contribution in [2.45, 2.75) is 84.5 Å². The second-order valence-electron chi connectivity index (χ2n) is 10.3. The van der Waals surface area contributed by atoms with Gasteiger partial charge in [0.2, 0.25) is 0 Å². The van der Waals surface area contributed by atoms with Crippen LogP contribution in [0.5, 0.6) is 0 Å². The van der Waals surface area contributed by atoms with E-state index >= 15 is 0 Å². The number of Topliss-reactive ketones (excluding diaryl/α,β-unsaturated/α-hetero) is 1. The van der Waals surface area contributed by atoms with Crippen LogP contribution >= 0.6 is 0 Å². The van der Waals surface area contributed by atoms with E-state index in [4.69, 9.17) is 18.9 Å². The van der Waals surface area contributed by atoms with Crippen LogP contribution in [0.2, 0.25) is 0 Å². The lowest BCUT2D eigenvalue weighted by Gasteiger charge is -2.42. The highest BCUT2D eigenvalue weighted by atomic mass is 16.7. The summed E-state index contributed by atoms with van der Waals surface area (Å²) in [5.74, 6) is 2.05. The van der Waals surface area contributed by atoms with Crippen LogP contribution in [0.1, 0.15) is 72.6 Å². The molecule has 5 atom stereocenters. The fraction of sp³-hybridized carbons (Fsp3) is 0.880. The number of hydrogen-bond donors (Lipinski definition) is 0. The molecule has 1 saturated heterocycles. The minimum absolute atomic E-state index is 0.0979. The minimum Gasteiger partial charge on any atom is -0.359 e. The summed E-state index contributed by atoms with van der Waals surface area (Å²) >= 11 is 0. The van der Waals surface area contributed by atoms with Crippen molar-refractivity contribution >= 4 is 5.78 Å². The first-order valence-electron chi connectivity index (χ1n) is 11.8. The van der Waals surface area contributed by atoms with Gasteiger partial charge in [-0.25, -0.2) is 0 Å². The van der Waals surface area contributed by atoms with Crippen LogP contribution in [0.3, 0.4) is 0 Å². The highest BCUT2D eigenvalue weighted by molar-refractivity contribution is 5.83. The first-order chi connectivity index (χ1) is 14.3. The fourth-order valence-corrected chi connectivity index (χ4v) is 6.16. The van der Waals surface area contributed by atoms with Gasteiger partial charge in [0.1, 0.15) is 12.6 Å². The average molecular weight is 423 g/mol. The van der Waals surface area contributed by atoms with Crippen molar-refractivity contribution in [2.24, 2.45) is 29.1 Å². The average Bonchev–Trinajstić information content (AvgIpc) is 3.34. The minimum atomic E-state index is -0.340. The number of carbonyl (C=O) groups excluding carboxylic acids is 1. The van der Waals surface area contributed by atoms with Crippen LogP contribution in [-0.2, 0) is 23.7 Å². The summed E-state index contributed by atoms with van der Waals surface area (Å²) in [6, 6.07) is 0. The maximum Gasteiger partial charge on any atom is 0.157 e. The molecule has 0 amide bonds. The van der Waals surface area contributed by atoms with Crippen molar-refractivity contribution in [1.29, 1.82) is 0 Å². The number of ether oxygens (including phenoxy) is 4. The smallest absolute Gasteiger partial charge is 0.157 e. The number of allylic oxidation sites excluding steroid dienone is 1. The van der Waals surface area contributed by atoms with Gasteiger partial charge in [0.15, 0.2) is 6.29 Å². The summed E-state index contributed by atoms with van der Waals surface area (Å²) in [7, 11) is 1.66. The van der Waals surface area contributed by atoms with E-state index < -0.39 is 0 Å². The summed E-state index contributed by atoms with van der Waals surface area (Å²) in [4.78, 5) is 12.5. The zero-order valence-electron chi connectivity index (χ0n) is 19.7. The van der Waals surface area contributed by atoms with Gasteiger partial charge in [-0.05, 0) is 69.6 Å². The second kappa shape index (κ2) is 10.2. The molecule has 0 aromatic carbocycles. The molecule has 0 spiro atoms. The number of hydrogen-bond acceptors (Lipinski definition) is 5. The molecule has 5 nitrogen and oxygen atoms in total. The molecule has 2 aliphatic carbocycles. The van der Waals surface area contributed by atoms with Crippen LogP contribution in [-0.4, -0.2) is 44.8 Å². The van der Waals surface area contributed by atoms with Gasteiger partial charge in [-0.15, -0.1) is 0 Å². The van der Waals surface area contributed by atoms with Gasteiger partial charge in [-0.1, -0.05) is 26.0 Å². The molecule has 3 fully saturated rings. The lowest BCUT2D eigenvalue weighted by molar-refractivity contribution is -0.135. The molecule has 1 aliphatic heterocycles. The molecule has 0 aromatic rings. The predicted octanol–water partition coefficient (Wildman–Crippen LogP) is 5.13. The molecule has 3 rings (SSSR count). The molecule has 0 N–H and O–H groups in total. The van der Waals surface area contributed by atoms with Crippen molar-refractivity contribution < 1.29 is 23.7 Å². The molecule has 30 heavy (non-hydrogen) atoms. The summed E-state index contributed by atoms with van der Waals surface area (Å²) in [6.45, 7) is 10.6. The normalized spacial score (nSPS) is 32.6. The standard InChI is InChI=1S/C25H42O5/c1-18(20-11-12-21-22(26)7-6-14-25(20,21)4)8-9-19(24(2,3)30-17-27-5)10-13-23-28-15-16-29-23/h8-9,18-21,23H,6-7,10-17H2,1-5H3/b9-8+/t18-,19-,20-,21+,25-/m1/s1. The van der Waals surface area contributed by atoms with Crippen molar-refractivity contribution in [3.63, 3.8) is 0 Å². The summed E-state index contributed by atoms with van der Waals surface area (Å²) < 4.78 is 22.5. The SMILES string of the molecule is COCOC(C)(C)[C@H](/C=C/[C@@H](C)[C@H]1CC[C@H]2C(=O)CCC[C@]12C)CCC1OCCO1. The highest BCUT2D eigenvalue weighted by Gasteiger charge is 2.52. The number of rotatable bonds is 10. The Morgan fingerprint density at radius 3 is 2.67 bits per heavy atom. The van der Waals surface area contributed by atoms with Gasteiger partial charge in [-0.2, -0.15) is 0 Å². The third-order valence-corrected chi connectivity index (χ3v) is 8.06. The summed E-state index contributed by atoms with van der Waals surface area (Å²) in [6.07, 6.45) is 11.7. The van der Waals surface area contributed by atoms with E-state index in [2.05, 4.69) is 39.8 Å². The second-order valence-corrected chi connectivity index (χ2v) is 10.3. The lowest BCUT2D eigenvalue weighted by atomic mass is 9.62. The van der Waals surface area contributed by atoms with Gasteiger partial charge >= 0.3 is 0 Å². The van der Waals surface area contributed by atoms with Crippen LogP contribution in [0.25, 0.3) is 0 Å². The van der Waals surface area contributed by atoms with Crippen LogP contribution < -0.4 is 0 Å². The number of methoxy groups -OCH3 is 1. The molecule has 0 unspecified atom stereocenters. The van der Waals surface area contributed by atoms with Crippen molar-refractivity contribution in [2.75, 3.05) is 27.1 Å². The molecule has 5 heteroatoms. The third kappa shape index (κ3) is 5.35. The Bertz CT molecular complexity index is 594. The Morgan fingerprint density at radius 2 is 1.97 bits per heavy atom. The van der Waals surface area contributed by atoms with Gasteiger partial charge in [-0.3, -0.25) is 4.79 Å². The Morgan fingerprint density at radius 1 is 1.23 bits per heavy atom. The molecule has 1 heterocycles. The molecular formula is C25H42O5. The molecule has 0 bridgehead atoms. The van der Waals surface area contributed by atoms with Crippen molar-refractivity contribution in [3.05, 3.63) is 12.2 Å². The zero-order chi connectivity index (χ0) is 21.8. The van der Waals surface area contributed by atoms with E-state index in [0.717, 1.165) is 38.5 Å². The van der Waals surface area contributed by atoms with E-state index in [1.807, 2.05) is 0 Å². The summed E-state index contributed by atoms with van der Waals surface area (Å²) in [5, 5.41) is 0. The zero-order valence-corrected chi connectivity index (χ0v) is 19.7. The molecule has 172 valence electrons. The fourth-order valence-electron chi connectivity index (χ4n) is 6.16. The molecular weight excluding hydrogens is 380 g/mol. The molecule has 0 aromatic heterocycles. The quantitative estimate of drug-likeness (QED) is 0.361. The van der Waals surface area contributed by atoms with Gasteiger partial charge in [0.25, 0.3) is 0 Å². The van der Waals surface area contributed by atoms with Gasteiger partial charge < -0.3 is 18.9 Å². The van der Waals surface area contributed by atoms with E-state index in [1.54, 1.807) is 7.11 Å². The molecule has 2 saturated carbocycles. The van der Waals surface area contributed by atoms with E-state index in [1.165, 1.54) is 6.42 Å². The number of carbonyl (C=O) groups is 1. The van der Waals surface area contributed by atoms with E-state index in [9.17, 15) is 4.79 Å². The van der Waals surface area contributed by atoms with Crippen molar-refractivity contribution in [3.8, 4) is 0 Å². The highest BCUT2D eigenvalue weighted by Crippen LogP contribution is 2.56. The lowest BCUT2D eigenvalue weighted by Crippen LogP contribution is -2.39. The van der Waals surface area contributed by atoms with Crippen LogP contribution in [0.4, 0.5) is 0 Å². The van der Waals surface area contributed by atoms with Gasteiger partial charge in [0.05, 0.1) is 18.8 Å². The van der Waals surface area contributed by atoms with Crippen LogP contribution in [0, 0.1) is 29.1 Å². The van der Waals surface area contributed by atoms with E-state index in [0.29, 0.717) is 30.8 Å². The largest absolute Gasteiger partial charge is 0.359 e. The Kier molecular flexibility index (Phi) is 8.16. The summed E-state index contributed by atoms with van der Waals surface area (Å²) in [5.41, 5.74) is -0.171. The molecule has 0 radical (unpaired) electrons. The topological polar surface area (TPSA) is 54.0 Å². The maximum atomic E-state index is 12.5. The first kappa shape index (κ1) is 23.9. The predicted molar refractivity (Wildman–Crippen MR) is 117 cm³/mol. The Labute approximate surface area is 182 Å². The third-order valence-electron chi connectivity index (χ3n) is 8.06. The monoisotopic (exact) mass is 422 g/mol. The van der Waals surface area contributed by atoms with Gasteiger partial charge in [0, 0.05) is 25.4 Å². The van der Waals surface area contributed by atoms with Crippen LogP contribution in [0.15, 0.2) is 12.2 Å². The number of ketones is 1. The molecule has 3 aliphatic rings. The first-order valence-corrected chi connectivity index (χ1v) is 11.8.